The monoisotopic (exact) mass is 284 g/mol. The Bertz CT molecular complexity index is 839. The van der Waals surface area contributed by atoms with Crippen molar-refractivity contribution in [1.82, 2.24) is 30.3 Å². The molecule has 3 aromatic rings. The highest BCUT2D eigenvalue weighted by atomic mass is 16.2. The summed E-state index contributed by atoms with van der Waals surface area (Å²) in [6.07, 6.45) is 1.38. The maximum absolute atomic E-state index is 12.5. The Labute approximate surface area is 118 Å². The lowest BCUT2D eigenvalue weighted by molar-refractivity contribution is 0.0777. The van der Waals surface area contributed by atoms with E-state index in [9.17, 15) is 9.59 Å². The molecule has 2 aromatic heterocycles. The Balaban J connectivity index is 1.98. The Morgan fingerprint density at radius 3 is 2.71 bits per heavy atom. The first-order chi connectivity index (χ1) is 10.2. The number of aromatic nitrogens is 5. The number of nitrogens with zero attached hydrogens (tertiary/aromatic N) is 4. The van der Waals surface area contributed by atoms with Gasteiger partial charge in [0.05, 0.1) is 11.9 Å². The van der Waals surface area contributed by atoms with E-state index < -0.39 is 0 Å². The van der Waals surface area contributed by atoms with E-state index in [0.717, 1.165) is 0 Å². The SMILES string of the molecule is CN(Cc1ncn[nH]1)C(=O)c1n[nH]c(=O)c2ccccc12. The van der Waals surface area contributed by atoms with Crippen LogP contribution in [0.1, 0.15) is 16.3 Å². The molecule has 0 atom stereocenters. The van der Waals surface area contributed by atoms with Gasteiger partial charge in [0.15, 0.2) is 5.69 Å². The van der Waals surface area contributed by atoms with E-state index in [1.54, 1.807) is 31.3 Å². The predicted octanol–water partition coefficient (Wildman–Crippen LogP) is 0.313. The van der Waals surface area contributed by atoms with Gasteiger partial charge in [-0.3, -0.25) is 14.7 Å². The second kappa shape index (κ2) is 5.16. The van der Waals surface area contributed by atoms with Crippen molar-refractivity contribution in [3.8, 4) is 0 Å². The fourth-order valence-electron chi connectivity index (χ4n) is 2.06. The van der Waals surface area contributed by atoms with E-state index in [1.165, 1.54) is 11.2 Å². The standard InChI is InChI=1S/C13H12N6O2/c1-19(6-10-14-7-15-16-10)13(21)11-8-4-2-3-5-9(8)12(20)18-17-11/h2-5,7H,6H2,1H3,(H,18,20)(H,14,15,16). The fraction of sp³-hybridized carbons (Fsp3) is 0.154. The highest BCUT2D eigenvalue weighted by Gasteiger charge is 2.18. The molecule has 1 amide bonds. The third-order valence-electron chi connectivity index (χ3n) is 3.10. The number of carbonyl (C=O) groups is 1. The Morgan fingerprint density at radius 1 is 1.24 bits per heavy atom. The summed E-state index contributed by atoms with van der Waals surface area (Å²) in [5, 5.41) is 13.6. The zero-order valence-corrected chi connectivity index (χ0v) is 11.2. The van der Waals surface area contributed by atoms with Crippen LogP contribution in [0.15, 0.2) is 35.4 Å². The second-order valence-electron chi connectivity index (χ2n) is 4.54. The van der Waals surface area contributed by atoms with Gasteiger partial charge in [-0.2, -0.15) is 10.2 Å². The number of hydrogen-bond acceptors (Lipinski definition) is 5. The maximum Gasteiger partial charge on any atom is 0.275 e. The van der Waals surface area contributed by atoms with Gasteiger partial charge in [-0.1, -0.05) is 18.2 Å². The molecule has 21 heavy (non-hydrogen) atoms. The minimum Gasteiger partial charge on any atom is -0.333 e. The normalized spacial score (nSPS) is 10.7. The van der Waals surface area contributed by atoms with Crippen molar-refractivity contribution < 1.29 is 4.79 Å². The molecule has 2 N–H and O–H groups in total. The molecule has 0 saturated heterocycles. The molecule has 0 aliphatic heterocycles. The van der Waals surface area contributed by atoms with Crippen LogP contribution < -0.4 is 5.56 Å². The highest BCUT2D eigenvalue weighted by Crippen LogP contribution is 2.14. The first kappa shape index (κ1) is 13.0. The van der Waals surface area contributed by atoms with Crippen molar-refractivity contribution in [1.29, 1.82) is 0 Å². The van der Waals surface area contributed by atoms with E-state index in [1.807, 2.05) is 0 Å². The number of H-pyrrole nitrogens is 2. The van der Waals surface area contributed by atoms with Crippen LogP contribution in [0.25, 0.3) is 10.8 Å². The summed E-state index contributed by atoms with van der Waals surface area (Å²) in [6.45, 7) is 0.272. The molecule has 0 fully saturated rings. The summed E-state index contributed by atoms with van der Waals surface area (Å²) in [5.41, 5.74) is -0.118. The number of fused-ring (bicyclic) bond motifs is 1. The molecule has 106 valence electrons. The van der Waals surface area contributed by atoms with Crippen LogP contribution >= 0.6 is 0 Å². The van der Waals surface area contributed by atoms with Crippen molar-refractivity contribution in [2.45, 2.75) is 6.54 Å². The number of amides is 1. The fourth-order valence-corrected chi connectivity index (χ4v) is 2.06. The van der Waals surface area contributed by atoms with Crippen molar-refractivity contribution in [3.05, 3.63) is 52.5 Å². The lowest BCUT2D eigenvalue weighted by Gasteiger charge is -2.15. The third kappa shape index (κ3) is 2.38. The largest absolute Gasteiger partial charge is 0.333 e. The lowest BCUT2D eigenvalue weighted by Crippen LogP contribution is -2.29. The van der Waals surface area contributed by atoms with Crippen LogP contribution in [-0.4, -0.2) is 43.2 Å². The van der Waals surface area contributed by atoms with Gasteiger partial charge < -0.3 is 4.90 Å². The number of nitrogens with one attached hydrogen (secondary N) is 2. The highest BCUT2D eigenvalue weighted by molar-refractivity contribution is 6.04. The summed E-state index contributed by atoms with van der Waals surface area (Å²) in [7, 11) is 1.63. The zero-order chi connectivity index (χ0) is 14.8. The minimum absolute atomic E-state index is 0.201. The van der Waals surface area contributed by atoms with Gasteiger partial charge in [-0.25, -0.2) is 10.1 Å². The average molecular weight is 284 g/mol. The summed E-state index contributed by atoms with van der Waals surface area (Å²) in [5.74, 6) is 0.262. The smallest absolute Gasteiger partial charge is 0.275 e. The molecule has 0 radical (unpaired) electrons. The van der Waals surface area contributed by atoms with Gasteiger partial charge in [-0.05, 0) is 6.07 Å². The van der Waals surface area contributed by atoms with Crippen LogP contribution in [0.3, 0.4) is 0 Å². The van der Waals surface area contributed by atoms with E-state index in [0.29, 0.717) is 16.6 Å². The van der Waals surface area contributed by atoms with Gasteiger partial charge >= 0.3 is 0 Å². The Morgan fingerprint density at radius 2 is 2.00 bits per heavy atom. The second-order valence-corrected chi connectivity index (χ2v) is 4.54. The van der Waals surface area contributed by atoms with Crippen LogP contribution in [0.4, 0.5) is 0 Å². The molecule has 3 rings (SSSR count). The predicted molar refractivity (Wildman–Crippen MR) is 74.5 cm³/mol. The van der Waals surface area contributed by atoms with E-state index in [4.69, 9.17) is 0 Å². The molecule has 1 aromatic carbocycles. The number of carbonyl (C=O) groups excluding carboxylic acids is 1. The zero-order valence-electron chi connectivity index (χ0n) is 11.2. The topological polar surface area (TPSA) is 108 Å². The third-order valence-corrected chi connectivity index (χ3v) is 3.10. The van der Waals surface area contributed by atoms with Crippen molar-refractivity contribution in [2.24, 2.45) is 0 Å². The average Bonchev–Trinajstić information content (AvgIpc) is 3.00. The van der Waals surface area contributed by atoms with Gasteiger partial charge in [0.1, 0.15) is 12.2 Å². The van der Waals surface area contributed by atoms with Crippen LogP contribution in [0.2, 0.25) is 0 Å². The van der Waals surface area contributed by atoms with Crippen LogP contribution in [0, 0.1) is 0 Å². The summed E-state index contributed by atoms with van der Waals surface area (Å²) < 4.78 is 0. The lowest BCUT2D eigenvalue weighted by atomic mass is 10.1. The molecule has 0 aliphatic rings. The van der Waals surface area contributed by atoms with Crippen molar-refractivity contribution in [2.75, 3.05) is 7.05 Å². The molecule has 8 heteroatoms. The van der Waals surface area contributed by atoms with E-state index in [2.05, 4.69) is 25.4 Å². The Kier molecular flexibility index (Phi) is 3.19. The quantitative estimate of drug-likeness (QED) is 0.720. The van der Waals surface area contributed by atoms with Gasteiger partial charge in [0.25, 0.3) is 11.5 Å². The Hall–Kier alpha value is -3.03. The number of aromatic amines is 2. The number of rotatable bonds is 3. The minimum atomic E-state index is -0.319. The first-order valence-electron chi connectivity index (χ1n) is 6.24. The van der Waals surface area contributed by atoms with Crippen LogP contribution in [0.5, 0.6) is 0 Å². The molecule has 0 unspecified atom stereocenters. The summed E-state index contributed by atoms with van der Waals surface area (Å²) >= 11 is 0. The molecule has 0 aliphatic carbocycles. The van der Waals surface area contributed by atoms with Crippen LogP contribution in [-0.2, 0) is 6.54 Å². The van der Waals surface area contributed by atoms with Crippen molar-refractivity contribution >= 4 is 16.7 Å². The van der Waals surface area contributed by atoms with Gasteiger partial charge in [0.2, 0.25) is 0 Å². The maximum atomic E-state index is 12.5. The molecular formula is C13H12N6O2. The molecule has 0 bridgehead atoms. The van der Waals surface area contributed by atoms with E-state index >= 15 is 0 Å². The molecular weight excluding hydrogens is 272 g/mol. The molecule has 8 nitrogen and oxygen atoms in total. The summed E-state index contributed by atoms with van der Waals surface area (Å²) in [4.78, 5) is 29.6. The number of hydrogen-bond donors (Lipinski definition) is 2. The van der Waals surface area contributed by atoms with Gasteiger partial charge in [0, 0.05) is 12.4 Å². The summed E-state index contributed by atoms with van der Waals surface area (Å²) in [6, 6.07) is 6.86. The van der Waals surface area contributed by atoms with Crippen molar-refractivity contribution in [3.63, 3.8) is 0 Å². The number of benzene rings is 1. The van der Waals surface area contributed by atoms with Gasteiger partial charge in [-0.15, -0.1) is 0 Å². The van der Waals surface area contributed by atoms with E-state index in [-0.39, 0.29) is 23.7 Å². The molecule has 0 saturated carbocycles. The first-order valence-corrected chi connectivity index (χ1v) is 6.24. The molecule has 2 heterocycles. The molecule has 0 spiro atoms.